The van der Waals surface area contributed by atoms with Crippen molar-refractivity contribution in [1.82, 2.24) is 0 Å². The first kappa shape index (κ1) is 20.7. The van der Waals surface area contributed by atoms with Gasteiger partial charge in [0.15, 0.2) is 6.10 Å². The first-order valence-electron chi connectivity index (χ1n) is 10.3. The summed E-state index contributed by atoms with van der Waals surface area (Å²) in [5.41, 5.74) is 4.78. The fraction of sp³-hybridized carbons (Fsp3) is 0.269. The summed E-state index contributed by atoms with van der Waals surface area (Å²) >= 11 is 0. The highest BCUT2D eigenvalue weighted by Crippen LogP contribution is 2.27. The van der Waals surface area contributed by atoms with E-state index in [9.17, 15) is 4.79 Å². The number of hydrogen-bond acceptors (Lipinski definition) is 3. The van der Waals surface area contributed by atoms with Crippen molar-refractivity contribution in [3.63, 3.8) is 0 Å². The molecule has 3 heteroatoms. The highest BCUT2D eigenvalue weighted by Gasteiger charge is 2.22. The van der Waals surface area contributed by atoms with Crippen LogP contribution in [0.2, 0.25) is 0 Å². The van der Waals surface area contributed by atoms with Gasteiger partial charge in [-0.1, -0.05) is 80.1 Å². The van der Waals surface area contributed by atoms with Crippen LogP contribution < -0.4 is 4.74 Å². The molecule has 0 aromatic heterocycles. The van der Waals surface area contributed by atoms with E-state index in [2.05, 4.69) is 43.3 Å². The number of aryl methyl sites for hydroxylation is 1. The molecule has 0 fully saturated rings. The Kier molecular flexibility index (Phi) is 7.46. The fourth-order valence-corrected chi connectivity index (χ4v) is 3.40. The molecule has 0 bridgehead atoms. The van der Waals surface area contributed by atoms with Crippen LogP contribution >= 0.6 is 0 Å². The van der Waals surface area contributed by atoms with Crippen LogP contribution in [0.15, 0.2) is 78.9 Å². The molecule has 0 radical (unpaired) electrons. The topological polar surface area (TPSA) is 35.5 Å². The van der Waals surface area contributed by atoms with Gasteiger partial charge in [-0.15, -0.1) is 0 Å². The number of rotatable bonds is 9. The monoisotopic (exact) mass is 388 g/mol. The molecule has 0 aliphatic carbocycles. The molecule has 0 saturated carbocycles. The van der Waals surface area contributed by atoms with Gasteiger partial charge in [0.25, 0.3) is 0 Å². The molecular formula is C26H28O3. The van der Waals surface area contributed by atoms with E-state index in [1.807, 2.05) is 42.5 Å². The van der Waals surface area contributed by atoms with E-state index in [4.69, 9.17) is 9.47 Å². The minimum absolute atomic E-state index is 0.334. The lowest BCUT2D eigenvalue weighted by Crippen LogP contribution is -2.31. The Labute approximate surface area is 173 Å². The van der Waals surface area contributed by atoms with Gasteiger partial charge in [0.05, 0.1) is 6.61 Å². The smallest absolute Gasteiger partial charge is 0.347 e. The van der Waals surface area contributed by atoms with Crippen molar-refractivity contribution in [3.05, 3.63) is 90.0 Å². The molecule has 150 valence electrons. The van der Waals surface area contributed by atoms with Crippen LogP contribution in [0.1, 0.15) is 31.4 Å². The van der Waals surface area contributed by atoms with Crippen molar-refractivity contribution < 1.29 is 14.3 Å². The van der Waals surface area contributed by atoms with Gasteiger partial charge in [-0.25, -0.2) is 4.79 Å². The zero-order valence-corrected chi connectivity index (χ0v) is 17.1. The second-order valence-electron chi connectivity index (χ2n) is 6.98. The summed E-state index contributed by atoms with van der Waals surface area (Å²) in [4.78, 5) is 12.4. The molecule has 3 aromatic carbocycles. The van der Waals surface area contributed by atoms with E-state index >= 15 is 0 Å². The highest BCUT2D eigenvalue weighted by molar-refractivity contribution is 5.75. The Morgan fingerprint density at radius 1 is 0.862 bits per heavy atom. The van der Waals surface area contributed by atoms with E-state index in [0.29, 0.717) is 18.8 Å². The van der Waals surface area contributed by atoms with E-state index in [-0.39, 0.29) is 5.97 Å². The molecule has 0 saturated heterocycles. The van der Waals surface area contributed by atoms with Crippen LogP contribution in [0, 0.1) is 0 Å². The van der Waals surface area contributed by atoms with Crippen LogP contribution in [-0.2, 0) is 22.4 Å². The maximum atomic E-state index is 12.4. The Hall–Kier alpha value is -3.07. The molecule has 1 unspecified atom stereocenters. The molecular weight excluding hydrogens is 360 g/mol. The van der Waals surface area contributed by atoms with E-state index in [1.54, 1.807) is 6.92 Å². The molecule has 0 aliphatic rings. The first-order valence-corrected chi connectivity index (χ1v) is 10.3. The normalized spacial score (nSPS) is 11.7. The summed E-state index contributed by atoms with van der Waals surface area (Å²) < 4.78 is 11.2. The molecule has 0 spiro atoms. The third-order valence-corrected chi connectivity index (χ3v) is 4.79. The summed E-state index contributed by atoms with van der Waals surface area (Å²) in [6.45, 7) is 4.33. The molecule has 0 N–H and O–H groups in total. The van der Waals surface area contributed by atoms with Crippen LogP contribution in [0.3, 0.4) is 0 Å². The first-order chi connectivity index (χ1) is 14.2. The SMILES string of the molecule is CCCc1ccccc1-c1ccc(OC(Cc2ccccc2)C(=O)OCC)cc1. The largest absolute Gasteiger partial charge is 0.478 e. The van der Waals surface area contributed by atoms with Crippen LogP contribution in [-0.4, -0.2) is 18.7 Å². The summed E-state index contributed by atoms with van der Waals surface area (Å²) in [5, 5.41) is 0. The number of esters is 1. The molecule has 3 aromatic rings. The quantitative estimate of drug-likeness (QED) is 0.431. The second-order valence-corrected chi connectivity index (χ2v) is 6.98. The number of ether oxygens (including phenoxy) is 2. The molecule has 0 amide bonds. The van der Waals surface area contributed by atoms with Gasteiger partial charge >= 0.3 is 5.97 Å². The van der Waals surface area contributed by atoms with Crippen molar-refractivity contribution in [3.8, 4) is 16.9 Å². The van der Waals surface area contributed by atoms with Crippen LogP contribution in [0.5, 0.6) is 5.75 Å². The zero-order valence-electron chi connectivity index (χ0n) is 17.1. The van der Waals surface area contributed by atoms with Crippen molar-refractivity contribution in [1.29, 1.82) is 0 Å². The lowest BCUT2D eigenvalue weighted by atomic mass is 9.97. The van der Waals surface area contributed by atoms with Gasteiger partial charge in [-0.2, -0.15) is 0 Å². The van der Waals surface area contributed by atoms with E-state index in [1.165, 1.54) is 11.1 Å². The molecule has 1 atom stereocenters. The minimum atomic E-state index is -0.671. The maximum Gasteiger partial charge on any atom is 0.347 e. The number of carbonyl (C=O) groups excluding carboxylic acids is 1. The third kappa shape index (κ3) is 5.71. The van der Waals surface area contributed by atoms with Gasteiger partial charge in [-0.3, -0.25) is 0 Å². The predicted molar refractivity (Wildman–Crippen MR) is 117 cm³/mol. The molecule has 0 heterocycles. The Morgan fingerprint density at radius 2 is 1.55 bits per heavy atom. The Balaban J connectivity index is 1.77. The minimum Gasteiger partial charge on any atom is -0.478 e. The van der Waals surface area contributed by atoms with Crippen LogP contribution in [0.4, 0.5) is 0 Å². The van der Waals surface area contributed by atoms with Crippen molar-refractivity contribution in [2.24, 2.45) is 0 Å². The number of carbonyl (C=O) groups is 1. The van der Waals surface area contributed by atoms with Gasteiger partial charge in [-0.05, 0) is 47.7 Å². The van der Waals surface area contributed by atoms with Gasteiger partial charge in [0, 0.05) is 6.42 Å². The summed E-state index contributed by atoms with van der Waals surface area (Å²) in [7, 11) is 0. The maximum absolute atomic E-state index is 12.4. The van der Waals surface area contributed by atoms with Gasteiger partial charge in [0.2, 0.25) is 0 Å². The lowest BCUT2D eigenvalue weighted by Gasteiger charge is -2.18. The average Bonchev–Trinajstić information content (AvgIpc) is 2.75. The fourth-order valence-electron chi connectivity index (χ4n) is 3.40. The Bertz CT molecular complexity index is 901. The highest BCUT2D eigenvalue weighted by atomic mass is 16.6. The summed E-state index contributed by atoms with van der Waals surface area (Å²) in [6, 6.07) is 26.3. The van der Waals surface area contributed by atoms with Crippen molar-refractivity contribution >= 4 is 5.97 Å². The third-order valence-electron chi connectivity index (χ3n) is 4.79. The number of benzene rings is 3. The van der Waals surface area contributed by atoms with E-state index in [0.717, 1.165) is 24.0 Å². The average molecular weight is 389 g/mol. The summed E-state index contributed by atoms with van der Waals surface area (Å²) in [6.07, 6.45) is 1.96. The second kappa shape index (κ2) is 10.5. The lowest BCUT2D eigenvalue weighted by molar-refractivity contribution is -0.151. The van der Waals surface area contributed by atoms with Crippen molar-refractivity contribution in [2.45, 2.75) is 39.2 Å². The molecule has 3 nitrogen and oxygen atoms in total. The van der Waals surface area contributed by atoms with Crippen LogP contribution in [0.25, 0.3) is 11.1 Å². The zero-order chi connectivity index (χ0) is 20.5. The van der Waals surface area contributed by atoms with Gasteiger partial charge in [0.1, 0.15) is 5.75 Å². The summed E-state index contributed by atoms with van der Waals surface area (Å²) in [5.74, 6) is 0.324. The Morgan fingerprint density at radius 3 is 2.24 bits per heavy atom. The van der Waals surface area contributed by atoms with Crippen molar-refractivity contribution in [2.75, 3.05) is 6.61 Å². The number of hydrogen-bond donors (Lipinski definition) is 0. The van der Waals surface area contributed by atoms with E-state index < -0.39 is 6.10 Å². The standard InChI is InChI=1S/C26H28O3/c1-3-10-21-13-8-9-14-24(21)22-15-17-23(18-16-22)29-25(26(27)28-4-2)19-20-11-6-5-7-12-20/h5-9,11-18,25H,3-4,10,19H2,1-2H3. The molecule has 0 aliphatic heterocycles. The predicted octanol–water partition coefficient (Wildman–Crippen LogP) is 5.86. The van der Waals surface area contributed by atoms with Gasteiger partial charge < -0.3 is 9.47 Å². The molecule has 3 rings (SSSR count). The molecule has 29 heavy (non-hydrogen) atoms.